The second-order valence-electron chi connectivity index (χ2n) is 18.8. The third-order valence-electron chi connectivity index (χ3n) is 10.5. The number of nitrogens with one attached hydrogen (secondary N) is 5. The van der Waals surface area contributed by atoms with Crippen LogP contribution in [0.5, 0.6) is 0 Å². The number of hydrogen-bond donors (Lipinski definition) is 5. The Labute approximate surface area is 431 Å². The number of H-pyrrole nitrogens is 2. The molecule has 21 nitrogen and oxygen atoms in total. The summed E-state index contributed by atoms with van der Waals surface area (Å²) in [6.07, 6.45) is 2.13. The SMILES string of the molecule is Cc1cc(C(=O)Nc2cccc(-c3nnc(N(C(=O)OC(C)(C)C)c4ccc5c(cnn5C(=O)OC(C)(C)C)c4)s3)c2)n[nH]1.Cc1cc(C(=O)Nc2cccc(-c3nnc(Nc4ccc5c(c4)C=NC5)s3)c2)n[nH]1. The van der Waals surface area contributed by atoms with Gasteiger partial charge in [-0.3, -0.25) is 24.8 Å². The molecule has 0 saturated heterocycles. The Bertz CT molecular complexity index is 3600. The first-order valence-electron chi connectivity index (χ1n) is 23.0. The highest BCUT2D eigenvalue weighted by molar-refractivity contribution is 7.19. The number of anilines is 6. The maximum absolute atomic E-state index is 13.5. The zero-order chi connectivity index (χ0) is 52.3. The Balaban J connectivity index is 0.000000195. The molecule has 10 rings (SSSR count). The Morgan fingerprint density at radius 1 is 0.676 bits per heavy atom. The van der Waals surface area contributed by atoms with Gasteiger partial charge in [-0.05, 0) is 133 Å². The van der Waals surface area contributed by atoms with Crippen LogP contribution in [0.1, 0.15) is 85.0 Å². The van der Waals surface area contributed by atoms with E-state index in [0.29, 0.717) is 49.4 Å². The van der Waals surface area contributed by atoms with Crippen LogP contribution < -0.4 is 20.9 Å². The molecular formula is C51H49N15O6S2. The number of aromatic amines is 2. The van der Waals surface area contributed by atoms with E-state index in [0.717, 1.165) is 39.8 Å². The standard InChI is InChI=1S/C30H32N8O5S.C21H17N7OS/c1-17-13-22(34-33-17)24(39)32-20-10-8-9-18(14-20)25-35-36-26(44-25)37(27(40)42-29(2,3)4)21-11-12-23-19(15-21)16-31-38(23)28(41)43-30(5,6)7;1-12-7-18(26-25-12)19(29)23-16-4-2-3-13(8-16)20-27-28-21(30-20)24-17-6-5-14-10-22-11-15(14)9-17/h8-16H,1-7H3,(H,32,39)(H,33,34);2-9,11H,10H2,1H3,(H,23,29)(H,24,28)(H,25,26). The average Bonchev–Trinajstić information content (AvgIpc) is 4.22. The largest absolute Gasteiger partial charge is 0.443 e. The normalized spacial score (nSPS) is 11.9. The summed E-state index contributed by atoms with van der Waals surface area (Å²) < 4.78 is 12.3. The van der Waals surface area contributed by atoms with E-state index < -0.39 is 23.4 Å². The van der Waals surface area contributed by atoms with Crippen LogP contribution in [0.3, 0.4) is 0 Å². The molecule has 376 valence electrons. The molecule has 6 heterocycles. The molecule has 3 amide bonds. The molecule has 0 bridgehead atoms. The first-order valence-corrected chi connectivity index (χ1v) is 24.6. The van der Waals surface area contributed by atoms with Gasteiger partial charge in [0.05, 0.1) is 23.9 Å². The first kappa shape index (κ1) is 50.0. The van der Waals surface area contributed by atoms with Gasteiger partial charge in [-0.15, -0.1) is 20.4 Å². The molecule has 23 heteroatoms. The molecule has 0 unspecified atom stereocenters. The molecule has 1 aliphatic rings. The average molecular weight is 1030 g/mol. The van der Waals surface area contributed by atoms with Crippen LogP contribution in [-0.4, -0.2) is 92.0 Å². The van der Waals surface area contributed by atoms with Crippen LogP contribution >= 0.6 is 22.7 Å². The highest BCUT2D eigenvalue weighted by Crippen LogP contribution is 2.37. The summed E-state index contributed by atoms with van der Waals surface area (Å²) in [5, 5.41) is 46.7. The van der Waals surface area contributed by atoms with E-state index in [9.17, 15) is 19.2 Å². The van der Waals surface area contributed by atoms with Crippen molar-refractivity contribution in [2.24, 2.45) is 4.99 Å². The predicted octanol–water partition coefficient (Wildman–Crippen LogP) is 10.9. The number of amides is 3. The Morgan fingerprint density at radius 2 is 1.30 bits per heavy atom. The molecule has 0 fully saturated rings. The van der Waals surface area contributed by atoms with Crippen molar-refractivity contribution < 1.29 is 28.7 Å². The molecule has 0 saturated carbocycles. The quantitative estimate of drug-likeness (QED) is 0.0853. The molecule has 74 heavy (non-hydrogen) atoms. The summed E-state index contributed by atoms with van der Waals surface area (Å²) in [6.45, 7) is 15.0. The van der Waals surface area contributed by atoms with Gasteiger partial charge in [-0.1, -0.05) is 53.0 Å². The number of rotatable bonds is 10. The van der Waals surface area contributed by atoms with Crippen LogP contribution in [0.15, 0.2) is 108 Å². The van der Waals surface area contributed by atoms with E-state index in [-0.39, 0.29) is 22.6 Å². The number of aryl methyl sites for hydroxylation is 2. The number of carbonyl (C=O) groups is 4. The van der Waals surface area contributed by atoms with Crippen LogP contribution in [0.25, 0.3) is 32.0 Å². The van der Waals surface area contributed by atoms with Gasteiger partial charge < -0.3 is 25.4 Å². The highest BCUT2D eigenvalue weighted by Gasteiger charge is 2.29. The van der Waals surface area contributed by atoms with Gasteiger partial charge in [0, 0.05) is 51.2 Å². The molecule has 4 aromatic carbocycles. The first-order chi connectivity index (χ1) is 35.3. The minimum Gasteiger partial charge on any atom is -0.443 e. The van der Waals surface area contributed by atoms with Gasteiger partial charge in [0.2, 0.25) is 10.3 Å². The second-order valence-corrected chi connectivity index (χ2v) is 20.8. The zero-order valence-electron chi connectivity index (χ0n) is 41.3. The number of aliphatic imine (C=N–C) groups is 1. The van der Waals surface area contributed by atoms with E-state index in [1.54, 1.807) is 90.1 Å². The van der Waals surface area contributed by atoms with Gasteiger partial charge >= 0.3 is 12.2 Å². The van der Waals surface area contributed by atoms with E-state index in [1.165, 1.54) is 44.0 Å². The summed E-state index contributed by atoms with van der Waals surface area (Å²) >= 11 is 2.61. The summed E-state index contributed by atoms with van der Waals surface area (Å²) in [4.78, 5) is 56.7. The summed E-state index contributed by atoms with van der Waals surface area (Å²) in [5.74, 6) is -0.623. The van der Waals surface area contributed by atoms with Crippen molar-refractivity contribution in [2.45, 2.75) is 73.1 Å². The Morgan fingerprint density at radius 3 is 1.91 bits per heavy atom. The number of ether oxygens (including phenoxy) is 2. The summed E-state index contributed by atoms with van der Waals surface area (Å²) in [6, 6.07) is 29.2. The highest BCUT2D eigenvalue weighted by atomic mass is 32.1. The van der Waals surface area contributed by atoms with Crippen LogP contribution in [0.4, 0.5) is 42.6 Å². The molecule has 5 N–H and O–H groups in total. The van der Waals surface area contributed by atoms with Crippen molar-refractivity contribution in [1.82, 2.24) is 50.6 Å². The van der Waals surface area contributed by atoms with Crippen molar-refractivity contribution in [1.29, 1.82) is 0 Å². The van der Waals surface area contributed by atoms with Gasteiger partial charge in [0.15, 0.2) is 11.4 Å². The van der Waals surface area contributed by atoms with Crippen molar-refractivity contribution in [3.8, 4) is 21.1 Å². The fourth-order valence-corrected chi connectivity index (χ4v) is 8.86. The van der Waals surface area contributed by atoms with Crippen LogP contribution in [0, 0.1) is 13.8 Å². The minimum atomic E-state index is -0.784. The van der Waals surface area contributed by atoms with E-state index in [4.69, 9.17) is 9.47 Å². The van der Waals surface area contributed by atoms with Crippen molar-refractivity contribution in [3.63, 3.8) is 0 Å². The van der Waals surface area contributed by atoms with Gasteiger partial charge in [-0.2, -0.15) is 20.0 Å². The summed E-state index contributed by atoms with van der Waals surface area (Å²) in [7, 11) is 0. The molecular weight excluding hydrogens is 983 g/mol. The van der Waals surface area contributed by atoms with Crippen molar-refractivity contribution >= 4 is 96.8 Å². The van der Waals surface area contributed by atoms with Crippen LogP contribution in [-0.2, 0) is 16.0 Å². The zero-order valence-corrected chi connectivity index (χ0v) is 43.0. The molecule has 0 radical (unpaired) electrons. The molecule has 0 atom stereocenters. The number of fused-ring (bicyclic) bond motifs is 2. The number of nitrogens with zero attached hydrogens (tertiary/aromatic N) is 10. The molecule has 0 aliphatic carbocycles. The minimum absolute atomic E-state index is 0.259. The fraction of sp³-hybridized carbons (Fsp3) is 0.216. The van der Waals surface area contributed by atoms with Crippen molar-refractivity contribution in [2.75, 3.05) is 20.9 Å². The Kier molecular flexibility index (Phi) is 13.9. The van der Waals surface area contributed by atoms with Gasteiger partial charge in [0.25, 0.3) is 11.8 Å². The van der Waals surface area contributed by atoms with E-state index in [1.807, 2.05) is 56.5 Å². The molecule has 5 aromatic heterocycles. The number of carbonyl (C=O) groups excluding carboxylic acids is 4. The molecule has 9 aromatic rings. The predicted molar refractivity (Wildman–Crippen MR) is 284 cm³/mol. The lowest BCUT2D eigenvalue weighted by molar-refractivity contribution is 0.0520. The van der Waals surface area contributed by atoms with Crippen LogP contribution in [0.2, 0.25) is 0 Å². The van der Waals surface area contributed by atoms with E-state index in [2.05, 4.69) is 79.0 Å². The number of aromatic nitrogens is 10. The van der Waals surface area contributed by atoms with Gasteiger partial charge in [-0.25, -0.2) is 14.5 Å². The molecule has 0 spiro atoms. The number of benzene rings is 4. The topological polar surface area (TPSA) is 265 Å². The maximum Gasteiger partial charge on any atom is 0.435 e. The van der Waals surface area contributed by atoms with Gasteiger partial charge in [0.1, 0.15) is 21.2 Å². The maximum atomic E-state index is 13.5. The van der Waals surface area contributed by atoms with E-state index >= 15 is 0 Å². The van der Waals surface area contributed by atoms with Crippen molar-refractivity contribution in [3.05, 3.63) is 137 Å². The summed E-state index contributed by atoms with van der Waals surface area (Å²) in [5.41, 5.74) is 7.76. The third kappa shape index (κ3) is 12.0. The molecule has 1 aliphatic heterocycles. The lowest BCUT2D eigenvalue weighted by Gasteiger charge is -2.25. The fourth-order valence-electron chi connectivity index (χ4n) is 7.25. The monoisotopic (exact) mass is 1030 g/mol. The smallest absolute Gasteiger partial charge is 0.435 e. The lowest BCUT2D eigenvalue weighted by atomic mass is 10.1. The second kappa shape index (κ2) is 20.6. The lowest BCUT2D eigenvalue weighted by Crippen LogP contribution is -2.33. The number of hydrogen-bond acceptors (Lipinski definition) is 17. The third-order valence-corrected chi connectivity index (χ3v) is 12.3. The Hall–Kier alpha value is -8.96.